The van der Waals surface area contributed by atoms with E-state index in [1.165, 1.54) is 17.1 Å². The molecule has 6 nitrogen and oxygen atoms in total. The Balaban J connectivity index is 1.86. The monoisotopic (exact) mass is 443 g/mol. The lowest BCUT2D eigenvalue weighted by Crippen LogP contribution is -2.28. The van der Waals surface area contributed by atoms with Crippen LogP contribution in [0.2, 0.25) is 5.02 Å². The molecule has 1 aliphatic heterocycles. The largest absolute Gasteiger partial charge is 0.379 e. The lowest BCUT2D eigenvalue weighted by Gasteiger charge is -2.30. The summed E-state index contributed by atoms with van der Waals surface area (Å²) in [6, 6.07) is 7.39. The summed E-state index contributed by atoms with van der Waals surface area (Å²) in [7, 11) is -3.48. The highest BCUT2D eigenvalue weighted by molar-refractivity contribution is 8.13. The van der Waals surface area contributed by atoms with Crippen molar-refractivity contribution in [2.75, 3.05) is 17.3 Å². The first-order valence-electron chi connectivity index (χ1n) is 7.97. The molecule has 0 fully saturated rings. The Morgan fingerprint density at radius 3 is 2.78 bits per heavy atom. The van der Waals surface area contributed by atoms with E-state index in [1.54, 1.807) is 6.07 Å². The third-order valence-electron chi connectivity index (χ3n) is 4.24. The standard InChI is InChI=1S/C17H18ClN3O3S3/c1-17(6-7-25-16(19)21-17)10-4-3-5-11(8-10)20-15(22)14-13(18)12(9-26-14)27(2,23)24/h3-5,8-9H,6-7H2,1-2H3,(H2,19,21)(H,20,22). The van der Waals surface area contributed by atoms with E-state index in [1.807, 2.05) is 25.1 Å². The van der Waals surface area contributed by atoms with Gasteiger partial charge in [0.25, 0.3) is 5.91 Å². The zero-order valence-electron chi connectivity index (χ0n) is 14.7. The van der Waals surface area contributed by atoms with E-state index in [-0.39, 0.29) is 14.8 Å². The molecule has 1 aromatic heterocycles. The predicted octanol–water partition coefficient (Wildman–Crippen LogP) is 3.72. The second-order valence-electron chi connectivity index (χ2n) is 6.37. The van der Waals surface area contributed by atoms with Gasteiger partial charge in [0, 0.05) is 23.1 Å². The minimum absolute atomic E-state index is 0.0369. The van der Waals surface area contributed by atoms with Crippen molar-refractivity contribution in [3.63, 3.8) is 0 Å². The maximum atomic E-state index is 12.6. The van der Waals surface area contributed by atoms with Gasteiger partial charge in [-0.1, -0.05) is 35.5 Å². The van der Waals surface area contributed by atoms with Crippen LogP contribution >= 0.6 is 34.7 Å². The van der Waals surface area contributed by atoms with Gasteiger partial charge in [-0.25, -0.2) is 8.42 Å². The van der Waals surface area contributed by atoms with Gasteiger partial charge < -0.3 is 11.1 Å². The summed E-state index contributed by atoms with van der Waals surface area (Å²) in [6.07, 6.45) is 1.89. The first-order chi connectivity index (χ1) is 12.6. The van der Waals surface area contributed by atoms with Crippen LogP contribution in [-0.4, -0.2) is 31.5 Å². The SMILES string of the molecule is CC1(c2cccc(NC(=O)c3scc(S(C)(=O)=O)c3Cl)c2)CCSC(N)=N1. The average molecular weight is 444 g/mol. The molecule has 0 saturated carbocycles. The Morgan fingerprint density at radius 1 is 1.41 bits per heavy atom. The molecule has 1 atom stereocenters. The number of nitrogens with one attached hydrogen (secondary N) is 1. The quantitative estimate of drug-likeness (QED) is 0.749. The predicted molar refractivity (Wildman–Crippen MR) is 113 cm³/mol. The van der Waals surface area contributed by atoms with E-state index in [0.29, 0.717) is 10.9 Å². The number of carbonyl (C=O) groups excluding carboxylic acids is 1. The van der Waals surface area contributed by atoms with Crippen molar-refractivity contribution in [3.8, 4) is 0 Å². The second-order valence-corrected chi connectivity index (χ2v) is 10.7. The summed E-state index contributed by atoms with van der Waals surface area (Å²) in [5, 5.41) is 4.66. The number of amides is 1. The fourth-order valence-electron chi connectivity index (χ4n) is 2.75. The Bertz CT molecular complexity index is 1030. The summed E-state index contributed by atoms with van der Waals surface area (Å²) < 4.78 is 23.4. The van der Waals surface area contributed by atoms with E-state index in [2.05, 4.69) is 10.3 Å². The molecule has 10 heteroatoms. The van der Waals surface area contributed by atoms with Crippen LogP contribution in [0.15, 0.2) is 39.5 Å². The number of thioether (sulfide) groups is 1. The number of carbonyl (C=O) groups is 1. The lowest BCUT2D eigenvalue weighted by molar-refractivity contribution is 0.103. The zero-order valence-corrected chi connectivity index (χ0v) is 17.9. The number of halogens is 1. The van der Waals surface area contributed by atoms with E-state index in [0.717, 1.165) is 35.3 Å². The number of rotatable bonds is 4. The van der Waals surface area contributed by atoms with Gasteiger partial charge in [0.05, 0.1) is 15.5 Å². The fraction of sp³-hybridized carbons (Fsp3) is 0.294. The fourth-order valence-corrected chi connectivity index (χ4v) is 6.53. The van der Waals surface area contributed by atoms with E-state index in [9.17, 15) is 13.2 Å². The molecule has 3 rings (SSSR count). The molecule has 0 spiro atoms. The highest BCUT2D eigenvalue weighted by atomic mass is 35.5. The molecule has 2 aromatic rings. The van der Waals surface area contributed by atoms with Crippen LogP contribution in [0.25, 0.3) is 0 Å². The van der Waals surface area contributed by atoms with Gasteiger partial charge >= 0.3 is 0 Å². The molecule has 144 valence electrons. The number of nitrogens with two attached hydrogens (primary N) is 1. The highest BCUT2D eigenvalue weighted by Crippen LogP contribution is 2.36. The number of anilines is 1. The first kappa shape index (κ1) is 20.2. The van der Waals surface area contributed by atoms with Crippen molar-refractivity contribution in [1.82, 2.24) is 0 Å². The van der Waals surface area contributed by atoms with Gasteiger partial charge in [-0.3, -0.25) is 9.79 Å². The highest BCUT2D eigenvalue weighted by Gasteiger charge is 2.30. The molecule has 1 amide bonds. The number of thiophene rings is 1. The summed E-state index contributed by atoms with van der Waals surface area (Å²) in [4.78, 5) is 17.3. The van der Waals surface area contributed by atoms with Crippen molar-refractivity contribution < 1.29 is 13.2 Å². The van der Waals surface area contributed by atoms with Crippen LogP contribution in [0.4, 0.5) is 5.69 Å². The van der Waals surface area contributed by atoms with Crippen molar-refractivity contribution in [1.29, 1.82) is 0 Å². The number of hydrogen-bond donors (Lipinski definition) is 2. The Hall–Kier alpha value is -1.55. The van der Waals surface area contributed by atoms with Gasteiger partial charge in [0.2, 0.25) is 0 Å². The van der Waals surface area contributed by atoms with Gasteiger partial charge in [-0.2, -0.15) is 0 Å². The normalized spacial score (nSPS) is 20.2. The Labute approximate surface area is 171 Å². The van der Waals surface area contributed by atoms with Crippen LogP contribution in [0, 0.1) is 0 Å². The maximum Gasteiger partial charge on any atom is 0.267 e. The molecule has 2 heterocycles. The molecule has 0 radical (unpaired) electrons. The molecule has 1 aromatic carbocycles. The van der Waals surface area contributed by atoms with Crippen molar-refractivity contribution in [2.24, 2.45) is 10.7 Å². The maximum absolute atomic E-state index is 12.6. The van der Waals surface area contributed by atoms with Crippen molar-refractivity contribution in [2.45, 2.75) is 23.8 Å². The Morgan fingerprint density at radius 2 is 2.15 bits per heavy atom. The van der Waals surface area contributed by atoms with Crippen LogP contribution in [-0.2, 0) is 15.4 Å². The number of aliphatic imine (C=N–C) groups is 1. The number of amidine groups is 1. The van der Waals surface area contributed by atoms with E-state index < -0.39 is 21.3 Å². The molecule has 1 unspecified atom stereocenters. The molecular weight excluding hydrogens is 426 g/mol. The first-order valence-corrected chi connectivity index (χ1v) is 12.1. The molecule has 0 saturated heterocycles. The summed E-state index contributed by atoms with van der Waals surface area (Å²) in [6.45, 7) is 2.01. The summed E-state index contributed by atoms with van der Waals surface area (Å²) in [5.74, 6) is 0.422. The molecule has 1 aliphatic rings. The molecular formula is C17H18ClN3O3S3. The number of benzene rings is 1. The lowest BCUT2D eigenvalue weighted by atomic mass is 9.89. The van der Waals surface area contributed by atoms with Crippen LogP contribution in [0.1, 0.15) is 28.6 Å². The Kier molecular flexibility index (Phi) is 5.58. The number of sulfone groups is 1. The minimum atomic E-state index is -3.48. The summed E-state index contributed by atoms with van der Waals surface area (Å²) in [5.41, 5.74) is 6.96. The molecule has 27 heavy (non-hydrogen) atoms. The topological polar surface area (TPSA) is 102 Å². The van der Waals surface area contributed by atoms with Gasteiger partial charge in [0.15, 0.2) is 15.0 Å². The van der Waals surface area contributed by atoms with Crippen molar-refractivity contribution in [3.05, 3.63) is 45.1 Å². The third kappa shape index (κ3) is 4.31. The van der Waals surface area contributed by atoms with Gasteiger partial charge in [-0.05, 0) is 31.0 Å². The third-order valence-corrected chi connectivity index (χ3v) is 7.90. The van der Waals surface area contributed by atoms with E-state index in [4.69, 9.17) is 17.3 Å². The minimum Gasteiger partial charge on any atom is -0.379 e. The van der Waals surface area contributed by atoms with Gasteiger partial charge in [0.1, 0.15) is 4.88 Å². The van der Waals surface area contributed by atoms with E-state index >= 15 is 0 Å². The molecule has 0 bridgehead atoms. The van der Waals surface area contributed by atoms with Crippen LogP contribution in [0.3, 0.4) is 0 Å². The smallest absolute Gasteiger partial charge is 0.267 e. The number of hydrogen-bond acceptors (Lipinski definition) is 7. The zero-order chi connectivity index (χ0) is 19.8. The molecule has 3 N–H and O–H groups in total. The van der Waals surface area contributed by atoms with Crippen molar-refractivity contribution >= 4 is 61.3 Å². The molecule has 0 aliphatic carbocycles. The summed E-state index contributed by atoms with van der Waals surface area (Å²) >= 11 is 8.62. The second kappa shape index (κ2) is 7.46. The van der Waals surface area contributed by atoms with Crippen LogP contribution < -0.4 is 11.1 Å². The van der Waals surface area contributed by atoms with Gasteiger partial charge in [-0.15, -0.1) is 11.3 Å². The number of nitrogens with zero attached hydrogens (tertiary/aromatic N) is 1. The average Bonchev–Trinajstić information content (AvgIpc) is 2.97. The van der Waals surface area contributed by atoms with Crippen LogP contribution in [0.5, 0.6) is 0 Å².